The van der Waals surface area contributed by atoms with Crippen LogP contribution in [0.2, 0.25) is 0 Å². The van der Waals surface area contributed by atoms with E-state index in [1.165, 1.54) is 6.66 Å². The Morgan fingerprint density at radius 2 is 1.88 bits per heavy atom. The third-order valence-corrected chi connectivity index (χ3v) is 2.89. The maximum absolute atomic E-state index is 11.0. The van der Waals surface area contributed by atoms with Crippen LogP contribution < -0.4 is 0 Å². The summed E-state index contributed by atoms with van der Waals surface area (Å²) < 4.78 is 15.9. The summed E-state index contributed by atoms with van der Waals surface area (Å²) in [7, 11) is -3.39. The van der Waals surface area contributed by atoms with Crippen molar-refractivity contribution in [2.45, 2.75) is 6.61 Å². The van der Waals surface area contributed by atoms with Crippen LogP contribution in [-0.4, -0.2) is 11.6 Å². The van der Waals surface area contributed by atoms with Gasteiger partial charge in [-0.2, -0.15) is 0 Å². The van der Waals surface area contributed by atoms with Gasteiger partial charge in [-0.1, -0.05) is 36.4 Å². The zero-order chi connectivity index (χ0) is 11.6. The van der Waals surface area contributed by atoms with Gasteiger partial charge in [0.15, 0.2) is 0 Å². The van der Waals surface area contributed by atoms with Crippen LogP contribution in [0.15, 0.2) is 42.5 Å². The van der Waals surface area contributed by atoms with Gasteiger partial charge in [-0.3, -0.25) is 4.57 Å². The lowest BCUT2D eigenvalue weighted by Crippen LogP contribution is -1.90. The van der Waals surface area contributed by atoms with Gasteiger partial charge in [-0.05, 0) is 22.4 Å². The van der Waals surface area contributed by atoms with Crippen LogP contribution in [0, 0.1) is 0 Å². The Morgan fingerprint density at radius 1 is 1.19 bits per heavy atom. The molecule has 1 N–H and O–H groups in total. The standard InChI is InChI=1S/C12H13O3P/c1-16(13,14)15-9-10-6-7-11-4-2-3-5-12(11)8-10/h2-8H,9H2,1H3,(H,13,14). The van der Waals surface area contributed by atoms with Crippen LogP contribution >= 0.6 is 7.60 Å². The Kier molecular flexibility index (Phi) is 3.10. The molecule has 2 aromatic rings. The first-order valence-corrected chi connectivity index (χ1v) is 6.99. The van der Waals surface area contributed by atoms with E-state index in [1.54, 1.807) is 0 Å². The second-order valence-corrected chi connectivity index (χ2v) is 5.62. The summed E-state index contributed by atoms with van der Waals surface area (Å²) in [6, 6.07) is 13.8. The predicted octanol–water partition coefficient (Wildman–Crippen LogP) is 3.17. The van der Waals surface area contributed by atoms with Crippen molar-refractivity contribution in [3.63, 3.8) is 0 Å². The third kappa shape index (κ3) is 2.92. The van der Waals surface area contributed by atoms with E-state index in [9.17, 15) is 4.57 Å². The summed E-state index contributed by atoms with van der Waals surface area (Å²) in [6.07, 6.45) is 0. The van der Waals surface area contributed by atoms with Crippen LogP contribution in [0.3, 0.4) is 0 Å². The monoisotopic (exact) mass is 236 g/mol. The highest BCUT2D eigenvalue weighted by Crippen LogP contribution is 2.37. The van der Waals surface area contributed by atoms with Crippen molar-refractivity contribution in [2.75, 3.05) is 6.66 Å². The van der Waals surface area contributed by atoms with E-state index < -0.39 is 7.60 Å². The smallest absolute Gasteiger partial charge is 0.324 e. The Morgan fingerprint density at radius 3 is 2.56 bits per heavy atom. The van der Waals surface area contributed by atoms with Crippen LogP contribution in [0.25, 0.3) is 10.8 Å². The molecule has 0 fully saturated rings. The second kappa shape index (κ2) is 4.38. The van der Waals surface area contributed by atoms with Gasteiger partial charge in [-0.25, -0.2) is 0 Å². The van der Waals surface area contributed by atoms with E-state index in [2.05, 4.69) is 0 Å². The first kappa shape index (κ1) is 11.3. The highest BCUT2D eigenvalue weighted by atomic mass is 31.2. The van der Waals surface area contributed by atoms with Crippen molar-refractivity contribution >= 4 is 18.4 Å². The van der Waals surface area contributed by atoms with Crippen LogP contribution in [0.4, 0.5) is 0 Å². The minimum Gasteiger partial charge on any atom is -0.324 e. The van der Waals surface area contributed by atoms with Crippen molar-refractivity contribution in [1.29, 1.82) is 0 Å². The van der Waals surface area contributed by atoms with E-state index in [1.807, 2.05) is 42.5 Å². The molecule has 84 valence electrons. The Labute approximate surface area is 94.2 Å². The van der Waals surface area contributed by atoms with E-state index in [0.717, 1.165) is 16.3 Å². The zero-order valence-electron chi connectivity index (χ0n) is 8.96. The van der Waals surface area contributed by atoms with E-state index in [0.29, 0.717) is 0 Å². The van der Waals surface area contributed by atoms with Gasteiger partial charge in [0, 0.05) is 6.66 Å². The number of fused-ring (bicyclic) bond motifs is 1. The summed E-state index contributed by atoms with van der Waals surface area (Å²) in [5.41, 5.74) is 0.898. The van der Waals surface area contributed by atoms with Gasteiger partial charge in [0.25, 0.3) is 0 Å². The molecule has 0 bridgehead atoms. The third-order valence-electron chi connectivity index (χ3n) is 2.28. The average Bonchev–Trinajstić information content (AvgIpc) is 2.25. The molecule has 0 unspecified atom stereocenters. The van der Waals surface area contributed by atoms with Gasteiger partial charge in [0.1, 0.15) is 0 Å². The molecule has 0 saturated carbocycles. The maximum atomic E-state index is 11.0. The fourth-order valence-corrected chi connectivity index (χ4v) is 1.91. The number of rotatable bonds is 3. The fourth-order valence-electron chi connectivity index (χ4n) is 1.52. The summed E-state index contributed by atoms with van der Waals surface area (Å²) in [4.78, 5) is 9.03. The van der Waals surface area contributed by atoms with Gasteiger partial charge >= 0.3 is 7.60 Å². The molecule has 0 heterocycles. The van der Waals surface area contributed by atoms with Gasteiger partial charge in [0.05, 0.1) is 6.61 Å². The SMILES string of the molecule is C[P@@](=O)(O)OCc1ccc2ccccc2c1. The van der Waals surface area contributed by atoms with Gasteiger partial charge < -0.3 is 9.42 Å². The Balaban J connectivity index is 2.23. The van der Waals surface area contributed by atoms with Crippen LogP contribution in [0.5, 0.6) is 0 Å². The molecule has 2 rings (SSSR count). The highest BCUT2D eigenvalue weighted by Gasteiger charge is 2.09. The number of benzene rings is 2. The molecule has 16 heavy (non-hydrogen) atoms. The molecule has 4 heteroatoms. The topological polar surface area (TPSA) is 46.5 Å². The molecule has 3 nitrogen and oxygen atoms in total. The quantitative estimate of drug-likeness (QED) is 0.832. The largest absolute Gasteiger partial charge is 0.325 e. The lowest BCUT2D eigenvalue weighted by molar-refractivity contribution is 0.255. The predicted molar refractivity (Wildman–Crippen MR) is 64.5 cm³/mol. The minimum atomic E-state index is -3.39. The molecule has 0 aliphatic heterocycles. The summed E-state index contributed by atoms with van der Waals surface area (Å²) in [6.45, 7) is 1.35. The molecule has 0 aromatic heterocycles. The number of hydrogen-bond donors (Lipinski definition) is 1. The number of hydrogen-bond acceptors (Lipinski definition) is 2. The average molecular weight is 236 g/mol. The molecule has 0 radical (unpaired) electrons. The first-order chi connectivity index (χ1) is 7.54. The highest BCUT2D eigenvalue weighted by molar-refractivity contribution is 7.51. The molecule has 0 amide bonds. The van der Waals surface area contributed by atoms with Crippen molar-refractivity contribution in [2.24, 2.45) is 0 Å². The molecule has 1 atom stereocenters. The van der Waals surface area contributed by atoms with Crippen LogP contribution in [-0.2, 0) is 15.7 Å². The molecule has 0 aliphatic carbocycles. The molecule has 0 spiro atoms. The molecule has 0 saturated heterocycles. The zero-order valence-corrected chi connectivity index (χ0v) is 9.85. The van der Waals surface area contributed by atoms with E-state index in [4.69, 9.17) is 9.42 Å². The lowest BCUT2D eigenvalue weighted by Gasteiger charge is -2.07. The van der Waals surface area contributed by atoms with Crippen molar-refractivity contribution in [3.8, 4) is 0 Å². The molecular formula is C12H13O3P. The Bertz CT molecular complexity index is 545. The van der Waals surface area contributed by atoms with Crippen LogP contribution in [0.1, 0.15) is 5.56 Å². The van der Waals surface area contributed by atoms with Gasteiger partial charge in [0.2, 0.25) is 0 Å². The molecule has 2 aromatic carbocycles. The maximum Gasteiger partial charge on any atom is 0.325 e. The molecule has 0 aliphatic rings. The van der Waals surface area contributed by atoms with E-state index >= 15 is 0 Å². The lowest BCUT2D eigenvalue weighted by atomic mass is 10.1. The Hall–Kier alpha value is -1.15. The van der Waals surface area contributed by atoms with Crippen molar-refractivity contribution in [1.82, 2.24) is 0 Å². The summed E-state index contributed by atoms with van der Waals surface area (Å²) in [5, 5.41) is 2.25. The summed E-state index contributed by atoms with van der Waals surface area (Å²) in [5.74, 6) is 0. The van der Waals surface area contributed by atoms with Crippen molar-refractivity contribution in [3.05, 3.63) is 48.0 Å². The summed E-state index contributed by atoms with van der Waals surface area (Å²) >= 11 is 0. The first-order valence-electron chi connectivity index (χ1n) is 4.97. The van der Waals surface area contributed by atoms with E-state index in [-0.39, 0.29) is 6.61 Å². The molecular weight excluding hydrogens is 223 g/mol. The normalized spacial score (nSPS) is 14.9. The van der Waals surface area contributed by atoms with Gasteiger partial charge in [-0.15, -0.1) is 0 Å². The van der Waals surface area contributed by atoms with Crippen molar-refractivity contribution < 1.29 is 14.0 Å². The fraction of sp³-hybridized carbons (Fsp3) is 0.167. The minimum absolute atomic E-state index is 0.162. The second-order valence-electron chi connectivity index (χ2n) is 3.76.